The van der Waals surface area contributed by atoms with Crippen LogP contribution in [0.3, 0.4) is 0 Å². The number of rotatable bonds is 3. The third-order valence-electron chi connectivity index (χ3n) is 5.03. The third-order valence-corrected chi connectivity index (χ3v) is 5.03. The van der Waals surface area contributed by atoms with Crippen molar-refractivity contribution in [1.29, 1.82) is 0 Å². The Bertz CT molecular complexity index is 457. The van der Waals surface area contributed by atoms with Crippen LogP contribution in [-0.2, 0) is 11.8 Å². The Morgan fingerprint density at radius 2 is 2.25 bits per heavy atom. The molecule has 3 unspecified atom stereocenters. The lowest BCUT2D eigenvalue weighted by Gasteiger charge is -2.47. The van der Waals surface area contributed by atoms with E-state index in [-0.39, 0.29) is 6.04 Å². The predicted octanol–water partition coefficient (Wildman–Crippen LogP) is 1.37. The highest BCUT2D eigenvalue weighted by molar-refractivity contribution is 5.21. The van der Waals surface area contributed by atoms with Gasteiger partial charge in [0.15, 0.2) is 0 Å². The molecule has 5 heteroatoms. The topological polar surface area (TPSA) is 56.3 Å². The molecule has 0 radical (unpaired) electrons. The summed E-state index contributed by atoms with van der Waals surface area (Å²) in [6, 6.07) is 0.809. The molecule has 0 aromatic carbocycles. The second kappa shape index (κ2) is 5.84. The summed E-state index contributed by atoms with van der Waals surface area (Å²) in [6.07, 6.45) is 7.44. The number of aryl methyl sites for hydroxylation is 1. The van der Waals surface area contributed by atoms with Gasteiger partial charge in [0.2, 0.25) is 0 Å². The SMILES string of the molecule is Cc1c(C(CN)N2CCOC3CCCCC32)cnn1C. The molecule has 0 spiro atoms. The molecule has 2 N–H and O–H groups in total. The highest BCUT2D eigenvalue weighted by Crippen LogP contribution is 2.34. The molecule has 20 heavy (non-hydrogen) atoms. The summed E-state index contributed by atoms with van der Waals surface area (Å²) >= 11 is 0. The first kappa shape index (κ1) is 14.0. The van der Waals surface area contributed by atoms with Gasteiger partial charge in [-0.15, -0.1) is 0 Å². The zero-order valence-corrected chi connectivity index (χ0v) is 12.6. The Hall–Kier alpha value is -0.910. The number of fused-ring (bicyclic) bond motifs is 1. The monoisotopic (exact) mass is 278 g/mol. The summed E-state index contributed by atoms with van der Waals surface area (Å²) < 4.78 is 7.92. The number of hydrogen-bond acceptors (Lipinski definition) is 4. The van der Waals surface area contributed by atoms with E-state index in [1.807, 2.05) is 17.9 Å². The fourth-order valence-corrected chi connectivity index (χ4v) is 3.80. The summed E-state index contributed by atoms with van der Waals surface area (Å²) in [5, 5.41) is 4.39. The van der Waals surface area contributed by atoms with Gasteiger partial charge in [-0.25, -0.2) is 0 Å². The summed E-state index contributed by atoms with van der Waals surface area (Å²) in [5.74, 6) is 0. The minimum atomic E-state index is 0.276. The molecule has 3 atom stereocenters. The standard InChI is InChI=1S/C15H26N4O/c1-11-12(10-17-18(11)2)14(9-16)19-7-8-20-15-6-4-3-5-13(15)19/h10,13-15H,3-9,16H2,1-2H3. The van der Waals surface area contributed by atoms with Crippen molar-refractivity contribution in [2.45, 2.75) is 50.8 Å². The number of aromatic nitrogens is 2. The van der Waals surface area contributed by atoms with Crippen LogP contribution in [0, 0.1) is 6.92 Å². The lowest BCUT2D eigenvalue weighted by atomic mass is 9.88. The molecule has 1 saturated heterocycles. The van der Waals surface area contributed by atoms with Crippen molar-refractivity contribution in [2.75, 3.05) is 19.7 Å². The van der Waals surface area contributed by atoms with Gasteiger partial charge in [0.25, 0.3) is 0 Å². The Kier molecular flexibility index (Phi) is 4.10. The van der Waals surface area contributed by atoms with E-state index in [2.05, 4.69) is 16.9 Å². The molecular formula is C15H26N4O. The van der Waals surface area contributed by atoms with Crippen LogP contribution in [0.5, 0.6) is 0 Å². The van der Waals surface area contributed by atoms with E-state index in [1.165, 1.54) is 36.9 Å². The van der Waals surface area contributed by atoms with Gasteiger partial charge < -0.3 is 10.5 Å². The van der Waals surface area contributed by atoms with Crippen LogP contribution in [0.1, 0.15) is 43.0 Å². The van der Waals surface area contributed by atoms with E-state index < -0.39 is 0 Å². The molecule has 112 valence electrons. The van der Waals surface area contributed by atoms with Gasteiger partial charge in [-0.2, -0.15) is 5.10 Å². The quantitative estimate of drug-likeness (QED) is 0.907. The van der Waals surface area contributed by atoms with E-state index in [0.717, 1.165) is 13.2 Å². The minimum Gasteiger partial charge on any atom is -0.375 e. The van der Waals surface area contributed by atoms with Crippen LogP contribution in [0.25, 0.3) is 0 Å². The molecule has 2 fully saturated rings. The second-order valence-electron chi connectivity index (χ2n) is 6.06. The Labute approximate surface area is 121 Å². The predicted molar refractivity (Wildman–Crippen MR) is 78.4 cm³/mol. The van der Waals surface area contributed by atoms with Crippen LogP contribution >= 0.6 is 0 Å². The van der Waals surface area contributed by atoms with Crippen molar-refractivity contribution in [3.63, 3.8) is 0 Å². The number of hydrogen-bond donors (Lipinski definition) is 1. The fraction of sp³-hybridized carbons (Fsp3) is 0.800. The van der Waals surface area contributed by atoms with Crippen molar-refractivity contribution < 1.29 is 4.74 Å². The third kappa shape index (κ3) is 2.38. The molecule has 1 saturated carbocycles. The van der Waals surface area contributed by atoms with Gasteiger partial charge in [-0.1, -0.05) is 12.8 Å². The average Bonchev–Trinajstić information content (AvgIpc) is 2.81. The lowest BCUT2D eigenvalue weighted by molar-refractivity contribution is -0.102. The lowest BCUT2D eigenvalue weighted by Crippen LogP contribution is -2.54. The van der Waals surface area contributed by atoms with E-state index in [9.17, 15) is 0 Å². The van der Waals surface area contributed by atoms with Crippen molar-refractivity contribution in [2.24, 2.45) is 12.8 Å². The van der Waals surface area contributed by atoms with Crippen LogP contribution in [0.2, 0.25) is 0 Å². The van der Waals surface area contributed by atoms with Gasteiger partial charge in [0.05, 0.1) is 24.9 Å². The number of nitrogens with two attached hydrogens (primary N) is 1. The summed E-state index contributed by atoms with van der Waals surface area (Å²) in [4.78, 5) is 2.58. The summed E-state index contributed by atoms with van der Waals surface area (Å²) in [5.41, 5.74) is 8.62. The smallest absolute Gasteiger partial charge is 0.0731 e. The van der Waals surface area contributed by atoms with Crippen LogP contribution in [-0.4, -0.2) is 46.5 Å². The van der Waals surface area contributed by atoms with Gasteiger partial charge in [-0.05, 0) is 19.8 Å². The first-order chi connectivity index (χ1) is 9.72. The number of ether oxygens (including phenoxy) is 1. The van der Waals surface area contributed by atoms with Crippen molar-refractivity contribution in [3.8, 4) is 0 Å². The van der Waals surface area contributed by atoms with Gasteiger partial charge in [-0.3, -0.25) is 9.58 Å². The molecule has 2 heterocycles. The molecule has 0 amide bonds. The van der Waals surface area contributed by atoms with E-state index in [4.69, 9.17) is 10.5 Å². The number of morpholine rings is 1. The molecule has 5 nitrogen and oxygen atoms in total. The Morgan fingerprint density at radius 1 is 1.45 bits per heavy atom. The molecule has 2 aliphatic rings. The first-order valence-corrected chi connectivity index (χ1v) is 7.78. The fourth-order valence-electron chi connectivity index (χ4n) is 3.80. The van der Waals surface area contributed by atoms with E-state index in [0.29, 0.717) is 18.7 Å². The maximum absolute atomic E-state index is 6.12. The van der Waals surface area contributed by atoms with Crippen molar-refractivity contribution >= 4 is 0 Å². The molecule has 1 aromatic rings. The molecule has 0 bridgehead atoms. The molecule has 1 aliphatic heterocycles. The summed E-state index contributed by atoms with van der Waals surface area (Å²) in [7, 11) is 2.00. The average molecular weight is 278 g/mol. The first-order valence-electron chi connectivity index (χ1n) is 7.78. The normalized spacial score (nSPS) is 29.1. The summed E-state index contributed by atoms with van der Waals surface area (Å²) in [6.45, 7) is 4.59. The van der Waals surface area contributed by atoms with Gasteiger partial charge in [0.1, 0.15) is 0 Å². The maximum Gasteiger partial charge on any atom is 0.0731 e. The van der Waals surface area contributed by atoms with Crippen molar-refractivity contribution in [1.82, 2.24) is 14.7 Å². The van der Waals surface area contributed by atoms with E-state index in [1.54, 1.807) is 0 Å². The maximum atomic E-state index is 6.12. The largest absolute Gasteiger partial charge is 0.375 e. The van der Waals surface area contributed by atoms with Crippen LogP contribution in [0.15, 0.2) is 6.20 Å². The Morgan fingerprint density at radius 3 is 2.95 bits per heavy atom. The molecule has 1 aliphatic carbocycles. The van der Waals surface area contributed by atoms with Gasteiger partial charge in [0, 0.05) is 37.4 Å². The van der Waals surface area contributed by atoms with Crippen molar-refractivity contribution in [3.05, 3.63) is 17.5 Å². The van der Waals surface area contributed by atoms with Gasteiger partial charge >= 0.3 is 0 Å². The molecule has 1 aromatic heterocycles. The Balaban J connectivity index is 1.86. The van der Waals surface area contributed by atoms with E-state index >= 15 is 0 Å². The van der Waals surface area contributed by atoms with Crippen LogP contribution in [0.4, 0.5) is 0 Å². The number of nitrogens with zero attached hydrogens (tertiary/aromatic N) is 3. The second-order valence-corrected chi connectivity index (χ2v) is 6.06. The van der Waals surface area contributed by atoms with Crippen LogP contribution < -0.4 is 5.73 Å². The highest BCUT2D eigenvalue weighted by atomic mass is 16.5. The highest BCUT2D eigenvalue weighted by Gasteiger charge is 2.38. The molecule has 3 rings (SSSR count). The zero-order valence-electron chi connectivity index (χ0n) is 12.6. The minimum absolute atomic E-state index is 0.276. The zero-order chi connectivity index (χ0) is 14.1. The molecular weight excluding hydrogens is 252 g/mol.